The van der Waals surface area contributed by atoms with Crippen molar-refractivity contribution >= 4 is 110 Å². The Balaban J connectivity index is 1.36. The van der Waals surface area contributed by atoms with Gasteiger partial charge in [0.15, 0.2) is 0 Å². The van der Waals surface area contributed by atoms with Crippen molar-refractivity contribution in [2.45, 2.75) is 0 Å². The number of rotatable bonds is 0. The standard InChI is InChI=1S/C44H23BN2/c1-2-12-27-26(9-1)23-36-40-44(27)46-35-20-4-3-13-28(35)29-14-7-18-33(41(29)46)45(40)34-19-8-17-32-39-30-15-5-10-24-21-22-25-11-6-16-31(38(25)37(24)30)43(39)47(36)42(32)34/h1-23H. The number of nitrogens with zero attached hydrogens (tertiary/aromatic N) is 2. The lowest BCUT2D eigenvalue weighted by Gasteiger charge is -2.34. The van der Waals surface area contributed by atoms with Crippen LogP contribution in [0.3, 0.4) is 0 Å². The predicted molar refractivity (Wildman–Crippen MR) is 201 cm³/mol. The number of para-hydroxylation sites is 3. The molecule has 0 radical (unpaired) electrons. The van der Waals surface area contributed by atoms with E-state index in [-0.39, 0.29) is 6.71 Å². The number of hydrogen-bond acceptors (Lipinski definition) is 0. The topological polar surface area (TPSA) is 9.86 Å². The summed E-state index contributed by atoms with van der Waals surface area (Å²) in [5, 5.41) is 16.0. The normalized spacial score (nSPS) is 13.5. The second kappa shape index (κ2) is 7.66. The minimum Gasteiger partial charge on any atom is -0.310 e. The minimum absolute atomic E-state index is 0.131. The van der Waals surface area contributed by atoms with Gasteiger partial charge in [0.25, 0.3) is 6.71 Å². The zero-order chi connectivity index (χ0) is 30.1. The quantitative estimate of drug-likeness (QED) is 0.123. The zero-order valence-corrected chi connectivity index (χ0v) is 25.3. The van der Waals surface area contributed by atoms with Crippen molar-refractivity contribution in [3.8, 4) is 11.4 Å². The molecule has 13 rings (SSSR count). The molecule has 2 aliphatic rings. The van der Waals surface area contributed by atoms with Crippen molar-refractivity contribution in [3.63, 3.8) is 0 Å². The molecule has 2 nitrogen and oxygen atoms in total. The summed E-state index contributed by atoms with van der Waals surface area (Å²) in [5.74, 6) is 0. The highest BCUT2D eigenvalue weighted by Crippen LogP contribution is 2.47. The zero-order valence-electron chi connectivity index (χ0n) is 25.3. The maximum Gasteiger partial charge on any atom is 0.252 e. The molecule has 212 valence electrons. The van der Waals surface area contributed by atoms with Crippen molar-refractivity contribution in [2.24, 2.45) is 0 Å². The summed E-state index contributed by atoms with van der Waals surface area (Å²) < 4.78 is 5.25. The highest BCUT2D eigenvalue weighted by molar-refractivity contribution is 7.00. The van der Waals surface area contributed by atoms with Crippen LogP contribution in [0.2, 0.25) is 0 Å². The summed E-state index contributed by atoms with van der Waals surface area (Å²) in [6, 6.07) is 52.9. The van der Waals surface area contributed by atoms with Gasteiger partial charge in [-0.2, -0.15) is 0 Å². The maximum atomic E-state index is 2.65. The Bertz CT molecular complexity index is 3250. The Morgan fingerprint density at radius 1 is 0.383 bits per heavy atom. The van der Waals surface area contributed by atoms with Gasteiger partial charge in [0.1, 0.15) is 0 Å². The van der Waals surface area contributed by atoms with Gasteiger partial charge in [-0.3, -0.25) is 0 Å². The van der Waals surface area contributed by atoms with Crippen molar-refractivity contribution in [3.05, 3.63) is 140 Å². The Morgan fingerprint density at radius 2 is 0.957 bits per heavy atom. The fraction of sp³-hybridized carbons (Fsp3) is 0. The molecule has 11 aromatic rings. The van der Waals surface area contributed by atoms with Crippen LogP contribution in [0, 0.1) is 0 Å². The number of fused-ring (bicyclic) bond motifs is 14. The first-order chi connectivity index (χ1) is 23.4. The van der Waals surface area contributed by atoms with E-state index >= 15 is 0 Å². The largest absolute Gasteiger partial charge is 0.310 e. The second-order valence-electron chi connectivity index (χ2n) is 13.6. The molecule has 0 N–H and O–H groups in total. The lowest BCUT2D eigenvalue weighted by atomic mass is 9.34. The van der Waals surface area contributed by atoms with Crippen molar-refractivity contribution < 1.29 is 0 Å². The average Bonchev–Trinajstić information content (AvgIpc) is 3.66. The molecule has 3 heteroatoms. The average molecular weight is 590 g/mol. The van der Waals surface area contributed by atoms with E-state index in [2.05, 4.69) is 149 Å². The van der Waals surface area contributed by atoms with Crippen molar-refractivity contribution in [1.82, 2.24) is 9.13 Å². The van der Waals surface area contributed by atoms with Gasteiger partial charge in [-0.15, -0.1) is 0 Å². The molecule has 9 aromatic carbocycles. The lowest BCUT2D eigenvalue weighted by Crippen LogP contribution is -2.59. The van der Waals surface area contributed by atoms with Gasteiger partial charge in [0.05, 0.1) is 16.7 Å². The van der Waals surface area contributed by atoms with Crippen molar-refractivity contribution in [1.29, 1.82) is 0 Å². The molecule has 2 aliphatic heterocycles. The fourth-order valence-corrected chi connectivity index (χ4v) is 9.96. The van der Waals surface area contributed by atoms with Gasteiger partial charge in [-0.05, 0) is 60.8 Å². The van der Waals surface area contributed by atoms with E-state index in [1.165, 1.54) is 114 Å². The molecule has 47 heavy (non-hydrogen) atoms. The van der Waals surface area contributed by atoms with Crippen molar-refractivity contribution in [2.75, 3.05) is 0 Å². The molecule has 0 atom stereocenters. The molecule has 2 aromatic heterocycles. The van der Waals surface area contributed by atoms with Crippen LogP contribution in [0.4, 0.5) is 0 Å². The van der Waals surface area contributed by atoms with Crippen LogP contribution in [-0.2, 0) is 0 Å². The van der Waals surface area contributed by atoms with Crippen LogP contribution in [-0.4, -0.2) is 15.8 Å². The molecule has 0 fully saturated rings. The first-order valence-corrected chi connectivity index (χ1v) is 16.6. The third-order valence-electron chi connectivity index (χ3n) is 11.6. The molecule has 0 saturated carbocycles. The Kier molecular flexibility index (Phi) is 3.80. The van der Waals surface area contributed by atoms with E-state index in [4.69, 9.17) is 0 Å². The van der Waals surface area contributed by atoms with E-state index in [0.717, 1.165) is 0 Å². The van der Waals surface area contributed by atoms with Crippen LogP contribution >= 0.6 is 0 Å². The maximum absolute atomic E-state index is 2.65. The third kappa shape index (κ3) is 2.46. The highest BCUT2D eigenvalue weighted by Gasteiger charge is 2.41. The summed E-state index contributed by atoms with van der Waals surface area (Å²) in [6.07, 6.45) is 0. The summed E-state index contributed by atoms with van der Waals surface area (Å²) in [7, 11) is 0. The van der Waals surface area contributed by atoms with E-state index in [1.807, 2.05) is 0 Å². The molecule has 0 unspecified atom stereocenters. The van der Waals surface area contributed by atoms with E-state index in [0.29, 0.717) is 0 Å². The Labute approximate surface area is 269 Å². The molecular formula is C44H23BN2. The monoisotopic (exact) mass is 590 g/mol. The first kappa shape index (κ1) is 23.3. The number of benzene rings is 9. The molecule has 4 heterocycles. The van der Waals surface area contributed by atoms with E-state index < -0.39 is 0 Å². The molecule has 0 saturated heterocycles. The van der Waals surface area contributed by atoms with Gasteiger partial charge >= 0.3 is 0 Å². The smallest absolute Gasteiger partial charge is 0.252 e. The van der Waals surface area contributed by atoms with E-state index in [1.54, 1.807) is 0 Å². The first-order valence-electron chi connectivity index (χ1n) is 16.6. The molecular weight excluding hydrogens is 567 g/mol. The number of aromatic nitrogens is 2. The summed E-state index contributed by atoms with van der Waals surface area (Å²) in [6.45, 7) is 0.131. The molecule has 0 aliphatic carbocycles. The highest BCUT2D eigenvalue weighted by atomic mass is 15.0. The van der Waals surface area contributed by atoms with Gasteiger partial charge in [0.2, 0.25) is 0 Å². The Morgan fingerprint density at radius 3 is 1.77 bits per heavy atom. The Hall–Kier alpha value is -6.06. The van der Waals surface area contributed by atoms with Crippen LogP contribution in [0.25, 0.3) is 98.1 Å². The summed E-state index contributed by atoms with van der Waals surface area (Å²) in [4.78, 5) is 0. The van der Waals surface area contributed by atoms with E-state index in [9.17, 15) is 0 Å². The van der Waals surface area contributed by atoms with Gasteiger partial charge in [-0.25, -0.2) is 0 Å². The predicted octanol–water partition coefficient (Wildman–Crippen LogP) is 9.07. The summed E-state index contributed by atoms with van der Waals surface area (Å²) >= 11 is 0. The van der Waals surface area contributed by atoms with Gasteiger partial charge in [0, 0.05) is 49.0 Å². The van der Waals surface area contributed by atoms with Crippen LogP contribution in [0.5, 0.6) is 0 Å². The van der Waals surface area contributed by atoms with Gasteiger partial charge in [-0.1, -0.05) is 127 Å². The summed E-state index contributed by atoms with van der Waals surface area (Å²) in [5.41, 5.74) is 12.1. The van der Waals surface area contributed by atoms with Gasteiger partial charge < -0.3 is 9.13 Å². The minimum atomic E-state index is 0.131. The lowest BCUT2D eigenvalue weighted by molar-refractivity contribution is 1.16. The number of hydrogen-bond donors (Lipinski definition) is 0. The molecule has 0 amide bonds. The second-order valence-corrected chi connectivity index (χ2v) is 13.6. The third-order valence-corrected chi connectivity index (χ3v) is 11.6. The SMILES string of the molecule is c1ccc2c3c4c(cc2c1)-n1c2c(cccc2c2c5cccc6ccc7cccc(c7c65)c21)B4c1cccc2c4ccccc4n-3c12. The van der Waals surface area contributed by atoms with Crippen LogP contribution in [0.1, 0.15) is 0 Å². The van der Waals surface area contributed by atoms with Crippen LogP contribution < -0.4 is 16.4 Å². The molecule has 0 bridgehead atoms. The van der Waals surface area contributed by atoms with Crippen LogP contribution in [0.15, 0.2) is 140 Å². The molecule has 0 spiro atoms. The fourth-order valence-electron chi connectivity index (χ4n) is 9.96.